The van der Waals surface area contributed by atoms with Gasteiger partial charge in [0.2, 0.25) is 0 Å². The van der Waals surface area contributed by atoms with Gasteiger partial charge in [-0.15, -0.1) is 0 Å². The molecule has 0 unspecified atom stereocenters. The highest BCUT2D eigenvalue weighted by atomic mass is 16.5. The summed E-state index contributed by atoms with van der Waals surface area (Å²) in [6.07, 6.45) is 1.72. The van der Waals surface area contributed by atoms with E-state index in [1.165, 1.54) is 5.39 Å². The molecule has 0 atom stereocenters. The molecule has 0 spiro atoms. The van der Waals surface area contributed by atoms with E-state index in [9.17, 15) is 0 Å². The van der Waals surface area contributed by atoms with Crippen molar-refractivity contribution in [1.82, 2.24) is 20.2 Å². The number of rotatable bonds is 4. The Morgan fingerprint density at radius 3 is 2.65 bits per heavy atom. The van der Waals surface area contributed by atoms with Crippen LogP contribution in [0.5, 0.6) is 5.75 Å². The van der Waals surface area contributed by atoms with Crippen molar-refractivity contribution in [3.8, 4) is 17.3 Å². The van der Waals surface area contributed by atoms with Gasteiger partial charge in [-0.2, -0.15) is 5.10 Å². The molecule has 0 saturated carbocycles. The number of ether oxygens (including phenoxy) is 1. The van der Waals surface area contributed by atoms with Gasteiger partial charge in [0.15, 0.2) is 11.6 Å². The zero-order valence-corrected chi connectivity index (χ0v) is 12.3. The molecule has 4 rings (SSSR count). The molecular weight excluding hydrogens is 288 g/mol. The lowest BCUT2D eigenvalue weighted by Gasteiger charge is -2.05. The molecule has 2 heterocycles. The van der Waals surface area contributed by atoms with Crippen LogP contribution in [0.25, 0.3) is 22.3 Å². The lowest BCUT2D eigenvalue weighted by atomic mass is 10.1. The van der Waals surface area contributed by atoms with E-state index >= 15 is 0 Å². The second-order valence-electron chi connectivity index (χ2n) is 5.12. The van der Waals surface area contributed by atoms with Crippen molar-refractivity contribution in [1.29, 1.82) is 0 Å². The van der Waals surface area contributed by atoms with Gasteiger partial charge in [0.1, 0.15) is 18.1 Å². The Bertz CT molecular complexity index is 934. The van der Waals surface area contributed by atoms with Gasteiger partial charge in [-0.3, -0.25) is 10.1 Å². The predicted molar refractivity (Wildman–Crippen MR) is 87.9 cm³/mol. The molecule has 0 amide bonds. The molecule has 5 heteroatoms. The fourth-order valence-corrected chi connectivity index (χ4v) is 2.38. The first-order valence-electron chi connectivity index (χ1n) is 7.33. The molecule has 2 aromatic carbocycles. The molecule has 5 nitrogen and oxygen atoms in total. The SMILES string of the molecule is c1ccc(-c2n[nH]c(COc3ccc4ccccc4c3)n2)nc1. The maximum Gasteiger partial charge on any atom is 0.199 e. The van der Waals surface area contributed by atoms with Crippen molar-refractivity contribution < 1.29 is 4.74 Å². The fraction of sp³-hybridized carbons (Fsp3) is 0.0556. The molecular formula is C18H14N4O. The topological polar surface area (TPSA) is 63.7 Å². The summed E-state index contributed by atoms with van der Waals surface area (Å²) in [7, 11) is 0. The fourth-order valence-electron chi connectivity index (χ4n) is 2.38. The smallest absolute Gasteiger partial charge is 0.199 e. The highest BCUT2D eigenvalue weighted by Gasteiger charge is 2.07. The molecule has 0 bridgehead atoms. The van der Waals surface area contributed by atoms with E-state index in [4.69, 9.17) is 4.74 Å². The molecule has 112 valence electrons. The maximum absolute atomic E-state index is 5.80. The number of hydrogen-bond acceptors (Lipinski definition) is 4. The Morgan fingerprint density at radius 2 is 1.78 bits per heavy atom. The van der Waals surface area contributed by atoms with Gasteiger partial charge in [-0.25, -0.2) is 4.98 Å². The monoisotopic (exact) mass is 302 g/mol. The number of nitrogens with zero attached hydrogens (tertiary/aromatic N) is 3. The molecule has 0 aliphatic carbocycles. The summed E-state index contributed by atoms with van der Waals surface area (Å²) >= 11 is 0. The molecule has 1 N–H and O–H groups in total. The molecule has 0 aliphatic heterocycles. The van der Waals surface area contributed by atoms with Crippen molar-refractivity contribution >= 4 is 10.8 Å². The first-order valence-corrected chi connectivity index (χ1v) is 7.33. The Balaban J connectivity index is 1.49. The van der Waals surface area contributed by atoms with Crippen LogP contribution in [0, 0.1) is 0 Å². The lowest BCUT2D eigenvalue weighted by molar-refractivity contribution is 0.297. The number of benzene rings is 2. The van der Waals surface area contributed by atoms with E-state index < -0.39 is 0 Å². The first kappa shape index (κ1) is 13.5. The summed E-state index contributed by atoms with van der Waals surface area (Å²) in [5, 5.41) is 9.40. The molecule has 0 saturated heterocycles. The lowest BCUT2D eigenvalue weighted by Crippen LogP contribution is -1.97. The quantitative estimate of drug-likeness (QED) is 0.625. The minimum atomic E-state index is 0.332. The van der Waals surface area contributed by atoms with E-state index in [0.717, 1.165) is 16.8 Å². The van der Waals surface area contributed by atoms with Gasteiger partial charge < -0.3 is 4.74 Å². The van der Waals surface area contributed by atoms with Gasteiger partial charge in [0.25, 0.3) is 0 Å². The van der Waals surface area contributed by atoms with Crippen LogP contribution in [0.1, 0.15) is 5.82 Å². The van der Waals surface area contributed by atoms with Gasteiger partial charge in [0.05, 0.1) is 0 Å². The predicted octanol–water partition coefficient (Wildman–Crippen LogP) is 3.60. The van der Waals surface area contributed by atoms with Crippen LogP contribution < -0.4 is 4.74 Å². The number of fused-ring (bicyclic) bond motifs is 1. The standard InChI is InChI=1S/C18H14N4O/c1-2-6-14-11-15(9-8-13(14)5-1)23-12-17-20-18(22-21-17)16-7-3-4-10-19-16/h1-11H,12H2,(H,20,21,22). The van der Waals surface area contributed by atoms with E-state index in [2.05, 4.69) is 32.3 Å². The van der Waals surface area contributed by atoms with Gasteiger partial charge in [0, 0.05) is 6.20 Å². The zero-order valence-electron chi connectivity index (χ0n) is 12.3. The molecule has 0 aliphatic rings. The number of hydrogen-bond donors (Lipinski definition) is 1. The van der Waals surface area contributed by atoms with Crippen molar-refractivity contribution in [2.45, 2.75) is 6.61 Å². The Morgan fingerprint density at radius 1 is 0.913 bits per heavy atom. The number of H-pyrrole nitrogens is 1. The van der Waals surface area contributed by atoms with Crippen LogP contribution >= 0.6 is 0 Å². The van der Waals surface area contributed by atoms with Gasteiger partial charge >= 0.3 is 0 Å². The van der Waals surface area contributed by atoms with Gasteiger partial charge in [-0.1, -0.05) is 36.4 Å². The van der Waals surface area contributed by atoms with Crippen LogP contribution in [0.15, 0.2) is 66.9 Å². The van der Waals surface area contributed by atoms with Crippen LogP contribution in [-0.4, -0.2) is 20.2 Å². The summed E-state index contributed by atoms with van der Waals surface area (Å²) in [5.41, 5.74) is 0.737. The average molecular weight is 302 g/mol. The molecule has 4 aromatic rings. The maximum atomic E-state index is 5.80. The van der Waals surface area contributed by atoms with E-state index in [1.807, 2.05) is 48.5 Å². The summed E-state index contributed by atoms with van der Waals surface area (Å²) in [6, 6.07) is 19.8. The van der Waals surface area contributed by atoms with Crippen molar-refractivity contribution in [3.05, 3.63) is 72.7 Å². The minimum absolute atomic E-state index is 0.332. The average Bonchev–Trinajstić information content (AvgIpc) is 3.10. The van der Waals surface area contributed by atoms with Crippen molar-refractivity contribution in [3.63, 3.8) is 0 Å². The largest absolute Gasteiger partial charge is 0.486 e. The summed E-state index contributed by atoms with van der Waals surface area (Å²) in [4.78, 5) is 8.63. The third-order valence-electron chi connectivity index (χ3n) is 3.52. The van der Waals surface area contributed by atoms with E-state index in [0.29, 0.717) is 18.3 Å². The molecule has 0 radical (unpaired) electrons. The second kappa shape index (κ2) is 5.88. The highest BCUT2D eigenvalue weighted by Crippen LogP contribution is 2.21. The molecule has 23 heavy (non-hydrogen) atoms. The third kappa shape index (κ3) is 2.89. The van der Waals surface area contributed by atoms with Crippen LogP contribution in [-0.2, 0) is 6.61 Å². The van der Waals surface area contributed by atoms with E-state index in [-0.39, 0.29) is 0 Å². The molecule has 2 aromatic heterocycles. The number of nitrogens with one attached hydrogen (secondary N) is 1. The minimum Gasteiger partial charge on any atom is -0.486 e. The van der Waals surface area contributed by atoms with Crippen LogP contribution in [0.4, 0.5) is 0 Å². The summed E-state index contributed by atoms with van der Waals surface area (Å²) in [6.45, 7) is 0.332. The highest BCUT2D eigenvalue weighted by molar-refractivity contribution is 5.83. The Hall–Kier alpha value is -3.21. The Labute approximate surface area is 133 Å². The van der Waals surface area contributed by atoms with Crippen LogP contribution in [0.3, 0.4) is 0 Å². The molecule has 0 fully saturated rings. The summed E-state index contributed by atoms with van der Waals surface area (Å²) < 4.78 is 5.80. The zero-order chi connectivity index (χ0) is 15.5. The summed E-state index contributed by atoms with van der Waals surface area (Å²) in [5.74, 6) is 2.04. The van der Waals surface area contributed by atoms with Crippen molar-refractivity contribution in [2.24, 2.45) is 0 Å². The van der Waals surface area contributed by atoms with Crippen LogP contribution in [0.2, 0.25) is 0 Å². The van der Waals surface area contributed by atoms with Gasteiger partial charge in [-0.05, 0) is 35.0 Å². The second-order valence-corrected chi connectivity index (χ2v) is 5.12. The van der Waals surface area contributed by atoms with Crippen molar-refractivity contribution in [2.75, 3.05) is 0 Å². The van der Waals surface area contributed by atoms with E-state index in [1.54, 1.807) is 6.20 Å². The number of pyridine rings is 1. The number of aromatic nitrogens is 4. The Kier molecular flexibility index (Phi) is 3.44. The normalized spacial score (nSPS) is 10.8. The third-order valence-corrected chi connectivity index (χ3v) is 3.52. The first-order chi connectivity index (χ1) is 11.4. The number of aromatic amines is 1.